The number of amides is 1. The number of benzene rings is 1. The maximum absolute atomic E-state index is 11.6. The summed E-state index contributed by atoms with van der Waals surface area (Å²) < 4.78 is 28.8. The molecule has 1 amide bonds. The maximum Gasteiger partial charge on any atom is 0.324 e. The zero-order valence-corrected chi connectivity index (χ0v) is 10.1. The lowest BCUT2D eigenvalue weighted by atomic mass is 9.83. The second kappa shape index (κ2) is 3.36. The summed E-state index contributed by atoms with van der Waals surface area (Å²) in [4.78, 5) is 11.6. The summed E-state index contributed by atoms with van der Waals surface area (Å²) in [6.07, 6.45) is 0. The van der Waals surface area contributed by atoms with Crippen molar-refractivity contribution in [2.24, 2.45) is 5.92 Å². The molecule has 2 heterocycles. The normalized spacial score (nSPS) is 26.6. The average molecular weight is 274 g/mol. The highest BCUT2D eigenvalue weighted by molar-refractivity contribution is 8.12. The topological polar surface area (TPSA) is 63.7 Å². The summed E-state index contributed by atoms with van der Waals surface area (Å²) in [5, 5.41) is 0. The van der Waals surface area contributed by atoms with Crippen LogP contribution in [0.1, 0.15) is 11.6 Å². The molecular formula is C10H8ClNO4S. The summed E-state index contributed by atoms with van der Waals surface area (Å²) in [5.41, 5.74) is 0.688. The predicted molar refractivity (Wildman–Crippen MR) is 59.8 cm³/mol. The van der Waals surface area contributed by atoms with Gasteiger partial charge in [-0.1, -0.05) is 18.2 Å². The molecule has 17 heavy (non-hydrogen) atoms. The molecule has 1 aromatic carbocycles. The molecule has 5 nitrogen and oxygen atoms in total. The lowest BCUT2D eigenvalue weighted by Gasteiger charge is -2.47. The molecule has 0 spiro atoms. The Morgan fingerprint density at radius 3 is 2.76 bits per heavy atom. The first-order valence-electron chi connectivity index (χ1n) is 5.00. The average Bonchev–Trinajstić information content (AvgIpc) is 2.25. The molecule has 0 N–H and O–H groups in total. The molecule has 90 valence electrons. The lowest BCUT2D eigenvalue weighted by Crippen LogP contribution is -2.59. The van der Waals surface area contributed by atoms with Gasteiger partial charge in [0.05, 0.1) is 12.0 Å². The van der Waals surface area contributed by atoms with Crippen LogP contribution in [0.2, 0.25) is 0 Å². The van der Waals surface area contributed by atoms with Crippen molar-refractivity contribution in [2.45, 2.75) is 6.04 Å². The molecule has 2 aliphatic rings. The quantitative estimate of drug-likeness (QED) is 0.567. The Balaban J connectivity index is 2.09. The van der Waals surface area contributed by atoms with Gasteiger partial charge in [0, 0.05) is 16.2 Å². The van der Waals surface area contributed by atoms with E-state index in [9.17, 15) is 13.2 Å². The van der Waals surface area contributed by atoms with Crippen LogP contribution in [-0.4, -0.2) is 25.2 Å². The minimum Gasteiger partial charge on any atom is -0.492 e. The summed E-state index contributed by atoms with van der Waals surface area (Å²) >= 11 is 0. The number of carbonyl (C=O) groups excluding carboxylic acids is 1. The Kier molecular flexibility index (Phi) is 2.15. The van der Waals surface area contributed by atoms with Crippen molar-refractivity contribution in [3.05, 3.63) is 29.8 Å². The van der Waals surface area contributed by atoms with Gasteiger partial charge in [0.25, 0.3) is 0 Å². The van der Waals surface area contributed by atoms with Crippen LogP contribution in [0.25, 0.3) is 0 Å². The molecule has 0 aromatic heterocycles. The summed E-state index contributed by atoms with van der Waals surface area (Å²) in [6.45, 7) is 0.198. The largest absolute Gasteiger partial charge is 0.492 e. The molecule has 0 saturated carbocycles. The fourth-order valence-corrected chi connectivity index (χ4v) is 3.65. The van der Waals surface area contributed by atoms with Gasteiger partial charge >= 0.3 is 9.24 Å². The van der Waals surface area contributed by atoms with E-state index in [2.05, 4.69) is 0 Å². The van der Waals surface area contributed by atoms with Crippen molar-refractivity contribution in [2.75, 3.05) is 6.61 Å². The number of rotatable bonds is 1. The van der Waals surface area contributed by atoms with Crippen molar-refractivity contribution in [3.63, 3.8) is 0 Å². The molecule has 2 aliphatic heterocycles. The highest BCUT2D eigenvalue weighted by Crippen LogP contribution is 2.48. The monoisotopic (exact) mass is 273 g/mol. The maximum atomic E-state index is 11.6. The van der Waals surface area contributed by atoms with Crippen LogP contribution in [0.3, 0.4) is 0 Å². The van der Waals surface area contributed by atoms with Gasteiger partial charge in [0.1, 0.15) is 12.4 Å². The number of hydrogen-bond donors (Lipinski definition) is 0. The molecule has 2 atom stereocenters. The number of ether oxygens (including phenoxy) is 1. The Morgan fingerprint density at radius 2 is 2.06 bits per heavy atom. The Labute approximate surface area is 102 Å². The fraction of sp³-hybridized carbons (Fsp3) is 0.300. The first-order chi connectivity index (χ1) is 8.00. The number of para-hydroxylation sites is 1. The molecule has 1 aromatic rings. The zero-order chi connectivity index (χ0) is 12.2. The molecule has 0 aliphatic carbocycles. The van der Waals surface area contributed by atoms with Crippen molar-refractivity contribution in [1.82, 2.24) is 4.31 Å². The van der Waals surface area contributed by atoms with Crippen LogP contribution >= 0.6 is 10.7 Å². The van der Waals surface area contributed by atoms with E-state index in [-0.39, 0.29) is 6.61 Å². The third kappa shape index (κ3) is 1.44. The van der Waals surface area contributed by atoms with Crippen molar-refractivity contribution in [1.29, 1.82) is 0 Å². The van der Waals surface area contributed by atoms with E-state index in [1.165, 1.54) is 0 Å². The van der Waals surface area contributed by atoms with E-state index in [0.717, 1.165) is 4.31 Å². The Hall–Kier alpha value is -1.27. The zero-order valence-electron chi connectivity index (χ0n) is 8.54. The van der Waals surface area contributed by atoms with Gasteiger partial charge in [-0.25, -0.2) is 4.31 Å². The van der Waals surface area contributed by atoms with Gasteiger partial charge in [-0.05, 0) is 6.07 Å². The molecular weight excluding hydrogens is 266 g/mol. The first-order valence-corrected chi connectivity index (χ1v) is 7.26. The van der Waals surface area contributed by atoms with Crippen LogP contribution in [0.15, 0.2) is 24.3 Å². The van der Waals surface area contributed by atoms with Gasteiger partial charge in [0.2, 0.25) is 5.91 Å². The SMILES string of the molecule is O=C1C2COc3ccccc3C2N1S(=O)(=O)Cl. The number of nitrogens with zero attached hydrogens (tertiary/aromatic N) is 1. The predicted octanol–water partition coefficient (Wildman–Crippen LogP) is 1.06. The first kappa shape index (κ1) is 10.9. The number of halogens is 1. The Morgan fingerprint density at radius 1 is 1.35 bits per heavy atom. The Bertz CT molecular complexity index is 600. The molecule has 1 saturated heterocycles. The second-order valence-corrected chi connectivity index (χ2v) is 6.36. The fourth-order valence-electron chi connectivity index (χ4n) is 2.30. The second-order valence-electron chi connectivity index (χ2n) is 3.98. The van der Waals surface area contributed by atoms with Gasteiger partial charge in [0.15, 0.2) is 0 Å². The van der Waals surface area contributed by atoms with Gasteiger partial charge in [-0.15, -0.1) is 0 Å². The number of hydrogen-bond acceptors (Lipinski definition) is 4. The number of carbonyl (C=O) groups is 1. The van der Waals surface area contributed by atoms with E-state index < -0.39 is 27.1 Å². The summed E-state index contributed by atoms with van der Waals surface area (Å²) in [6, 6.07) is 6.53. The highest BCUT2D eigenvalue weighted by Gasteiger charge is 2.56. The van der Waals surface area contributed by atoms with E-state index in [1.54, 1.807) is 24.3 Å². The third-order valence-corrected chi connectivity index (χ3v) is 4.38. The smallest absolute Gasteiger partial charge is 0.324 e. The minimum atomic E-state index is -4.03. The number of fused-ring (bicyclic) bond motifs is 3. The summed E-state index contributed by atoms with van der Waals surface area (Å²) in [7, 11) is 1.22. The third-order valence-electron chi connectivity index (χ3n) is 3.06. The van der Waals surface area contributed by atoms with E-state index >= 15 is 0 Å². The van der Waals surface area contributed by atoms with Crippen molar-refractivity contribution < 1.29 is 17.9 Å². The standard InChI is InChI=1S/C10H8ClNO4S/c11-17(14,15)12-9-6-3-1-2-4-8(6)16-5-7(9)10(12)13/h1-4,7,9H,5H2. The molecule has 0 radical (unpaired) electrons. The van der Waals surface area contributed by atoms with Crippen LogP contribution < -0.4 is 4.74 Å². The van der Waals surface area contributed by atoms with E-state index in [1.807, 2.05) is 0 Å². The van der Waals surface area contributed by atoms with Crippen molar-refractivity contribution in [3.8, 4) is 5.75 Å². The molecule has 3 rings (SSSR count). The molecule has 1 fully saturated rings. The highest BCUT2D eigenvalue weighted by atomic mass is 35.7. The van der Waals surface area contributed by atoms with E-state index in [0.29, 0.717) is 11.3 Å². The number of β-lactam (4-membered cyclic amide) rings is 1. The van der Waals surface area contributed by atoms with Crippen molar-refractivity contribution >= 4 is 25.8 Å². The van der Waals surface area contributed by atoms with Gasteiger partial charge in [-0.3, -0.25) is 4.79 Å². The minimum absolute atomic E-state index is 0.198. The molecule has 7 heteroatoms. The van der Waals surface area contributed by atoms with Crippen LogP contribution in [-0.2, 0) is 14.0 Å². The van der Waals surface area contributed by atoms with Gasteiger partial charge < -0.3 is 4.74 Å². The molecule has 2 unspecified atom stereocenters. The molecule has 0 bridgehead atoms. The van der Waals surface area contributed by atoms with Crippen LogP contribution in [0.5, 0.6) is 5.75 Å². The van der Waals surface area contributed by atoms with Crippen LogP contribution in [0.4, 0.5) is 0 Å². The van der Waals surface area contributed by atoms with Gasteiger partial charge in [-0.2, -0.15) is 8.42 Å². The van der Waals surface area contributed by atoms with Crippen LogP contribution in [0, 0.1) is 5.92 Å². The lowest BCUT2D eigenvalue weighted by molar-refractivity contribution is -0.150. The van der Waals surface area contributed by atoms with E-state index in [4.69, 9.17) is 15.4 Å². The summed E-state index contributed by atoms with van der Waals surface area (Å²) in [5.74, 6) is -0.343.